The number of hydrogen-bond donors (Lipinski definition) is 2. The van der Waals surface area contributed by atoms with Gasteiger partial charge in [0, 0.05) is 24.5 Å². The summed E-state index contributed by atoms with van der Waals surface area (Å²) in [5.41, 5.74) is 4.24. The van der Waals surface area contributed by atoms with E-state index < -0.39 is 10.0 Å². The quantitative estimate of drug-likeness (QED) is 0.618. The van der Waals surface area contributed by atoms with E-state index in [1.54, 1.807) is 6.07 Å². The summed E-state index contributed by atoms with van der Waals surface area (Å²) < 4.78 is 34.8. The fraction of sp³-hybridized carbons (Fsp3) is 0.417. The molecule has 0 amide bonds. The fourth-order valence-electron chi connectivity index (χ4n) is 4.81. The van der Waals surface area contributed by atoms with E-state index in [9.17, 15) is 8.42 Å². The lowest BCUT2D eigenvalue weighted by molar-refractivity contribution is 0.209. The lowest BCUT2D eigenvalue weighted by Gasteiger charge is -2.32. The molecule has 164 valence electrons. The highest BCUT2D eigenvalue weighted by molar-refractivity contribution is 7.89. The average Bonchev–Trinajstić information content (AvgIpc) is 3.21. The van der Waals surface area contributed by atoms with Crippen molar-refractivity contribution in [2.45, 2.75) is 43.2 Å². The summed E-state index contributed by atoms with van der Waals surface area (Å²) in [6, 6.07) is 13.7. The van der Waals surface area contributed by atoms with Gasteiger partial charge in [0.15, 0.2) is 0 Å². The first kappa shape index (κ1) is 20.7. The van der Waals surface area contributed by atoms with Gasteiger partial charge < -0.3 is 14.6 Å². The van der Waals surface area contributed by atoms with E-state index in [2.05, 4.69) is 21.0 Å². The summed E-state index contributed by atoms with van der Waals surface area (Å²) in [5, 5.41) is 4.50. The van der Waals surface area contributed by atoms with Crippen LogP contribution in [-0.2, 0) is 29.4 Å². The van der Waals surface area contributed by atoms with Crippen LogP contribution in [0.2, 0.25) is 0 Å². The molecule has 0 bridgehead atoms. The molecule has 3 heterocycles. The molecule has 2 aromatic carbocycles. The third kappa shape index (κ3) is 4.41. The highest BCUT2D eigenvalue weighted by Gasteiger charge is 2.27. The SMILES string of the molecule is O=S(=O)(NC1CCN(CCc2coc3ccccc23)CC1)c1cccc2c1CCNC2. The smallest absolute Gasteiger partial charge is 0.241 e. The Labute approximate surface area is 183 Å². The first-order chi connectivity index (χ1) is 15.1. The summed E-state index contributed by atoms with van der Waals surface area (Å²) >= 11 is 0. The molecule has 6 nitrogen and oxygen atoms in total. The Kier molecular flexibility index (Phi) is 5.84. The number of sulfonamides is 1. The van der Waals surface area contributed by atoms with Crippen LogP contribution >= 0.6 is 0 Å². The number of fused-ring (bicyclic) bond motifs is 2. The molecule has 7 heteroatoms. The molecule has 3 aromatic rings. The molecule has 0 saturated carbocycles. The molecule has 0 atom stereocenters. The van der Waals surface area contributed by atoms with Crippen LogP contribution in [0, 0.1) is 0 Å². The minimum Gasteiger partial charge on any atom is -0.464 e. The number of piperidine rings is 1. The van der Waals surface area contributed by atoms with Gasteiger partial charge in [-0.05, 0) is 74.1 Å². The van der Waals surface area contributed by atoms with Crippen molar-refractivity contribution in [1.29, 1.82) is 0 Å². The maximum Gasteiger partial charge on any atom is 0.241 e. The monoisotopic (exact) mass is 439 g/mol. The van der Waals surface area contributed by atoms with Crippen molar-refractivity contribution in [3.63, 3.8) is 0 Å². The van der Waals surface area contributed by atoms with Crippen LogP contribution in [0.5, 0.6) is 0 Å². The second-order valence-corrected chi connectivity index (χ2v) is 10.2. The first-order valence-electron chi connectivity index (χ1n) is 11.1. The van der Waals surface area contributed by atoms with Crippen LogP contribution in [0.3, 0.4) is 0 Å². The Morgan fingerprint density at radius 2 is 1.94 bits per heavy atom. The standard InChI is InChI=1S/C24H29N3O3S/c28-31(29,24-7-3-4-18-16-25-12-8-22(18)24)26-20-10-14-27(15-11-20)13-9-19-17-30-23-6-2-1-5-21(19)23/h1-7,17,20,25-26H,8-16H2. The first-order valence-corrected chi connectivity index (χ1v) is 12.6. The number of nitrogens with one attached hydrogen (secondary N) is 2. The van der Waals surface area contributed by atoms with Crippen molar-refractivity contribution in [3.8, 4) is 0 Å². The van der Waals surface area contributed by atoms with E-state index in [-0.39, 0.29) is 6.04 Å². The summed E-state index contributed by atoms with van der Waals surface area (Å²) in [6.07, 6.45) is 5.23. The van der Waals surface area contributed by atoms with Gasteiger partial charge in [0.2, 0.25) is 10.0 Å². The Bertz CT molecular complexity index is 1160. The zero-order valence-corrected chi connectivity index (χ0v) is 18.5. The normalized spacial score (nSPS) is 18.3. The van der Waals surface area contributed by atoms with Crippen molar-refractivity contribution in [2.24, 2.45) is 0 Å². The number of nitrogens with zero attached hydrogens (tertiary/aromatic N) is 1. The van der Waals surface area contributed by atoms with Gasteiger partial charge in [-0.2, -0.15) is 0 Å². The minimum atomic E-state index is -3.50. The summed E-state index contributed by atoms with van der Waals surface area (Å²) in [7, 11) is -3.50. The molecule has 2 aliphatic heterocycles. The van der Waals surface area contributed by atoms with Gasteiger partial charge in [0.25, 0.3) is 0 Å². The van der Waals surface area contributed by atoms with Gasteiger partial charge >= 0.3 is 0 Å². The topological polar surface area (TPSA) is 74.6 Å². The predicted octanol–water partition coefficient (Wildman–Crippen LogP) is 3.06. The lowest BCUT2D eigenvalue weighted by Crippen LogP contribution is -2.45. The van der Waals surface area contributed by atoms with Crippen molar-refractivity contribution in [3.05, 3.63) is 65.4 Å². The van der Waals surface area contributed by atoms with E-state index in [0.29, 0.717) is 4.90 Å². The van der Waals surface area contributed by atoms with Gasteiger partial charge in [-0.15, -0.1) is 0 Å². The van der Waals surface area contributed by atoms with Crippen LogP contribution in [0.4, 0.5) is 0 Å². The van der Waals surface area contributed by atoms with E-state index in [4.69, 9.17) is 4.42 Å². The largest absolute Gasteiger partial charge is 0.464 e. The van der Waals surface area contributed by atoms with Gasteiger partial charge in [-0.25, -0.2) is 13.1 Å². The van der Waals surface area contributed by atoms with Crippen molar-refractivity contribution in [1.82, 2.24) is 14.9 Å². The van der Waals surface area contributed by atoms with Gasteiger partial charge in [-0.3, -0.25) is 0 Å². The molecule has 2 N–H and O–H groups in total. The number of hydrogen-bond acceptors (Lipinski definition) is 5. The molecule has 0 unspecified atom stereocenters. The van der Waals surface area contributed by atoms with Crippen molar-refractivity contribution in [2.75, 3.05) is 26.2 Å². The molecular formula is C24H29N3O3S. The highest BCUT2D eigenvalue weighted by Crippen LogP contribution is 2.25. The third-order valence-electron chi connectivity index (χ3n) is 6.55. The van der Waals surface area contributed by atoms with Crippen LogP contribution < -0.4 is 10.0 Å². The number of likely N-dealkylation sites (tertiary alicyclic amines) is 1. The van der Waals surface area contributed by atoms with E-state index in [0.717, 1.165) is 75.1 Å². The van der Waals surface area contributed by atoms with Gasteiger partial charge in [-0.1, -0.05) is 30.3 Å². The zero-order valence-electron chi connectivity index (χ0n) is 17.6. The van der Waals surface area contributed by atoms with Crippen molar-refractivity contribution >= 4 is 21.0 Å². The molecule has 2 aliphatic rings. The molecule has 1 aromatic heterocycles. The molecule has 5 rings (SSSR count). The average molecular weight is 440 g/mol. The maximum atomic E-state index is 13.1. The van der Waals surface area contributed by atoms with Gasteiger partial charge in [0.1, 0.15) is 5.58 Å². The number of furan rings is 1. The second-order valence-electron chi connectivity index (χ2n) is 8.56. The van der Waals surface area contributed by atoms with E-state index >= 15 is 0 Å². The molecule has 0 radical (unpaired) electrons. The zero-order chi connectivity index (χ0) is 21.3. The van der Waals surface area contributed by atoms with Crippen LogP contribution in [0.15, 0.2) is 58.0 Å². The molecule has 0 spiro atoms. The van der Waals surface area contributed by atoms with E-state index in [1.165, 1.54) is 10.9 Å². The Balaban J connectivity index is 1.17. The molecule has 1 saturated heterocycles. The summed E-state index contributed by atoms with van der Waals surface area (Å²) in [5.74, 6) is 0. The highest BCUT2D eigenvalue weighted by atomic mass is 32.2. The molecule has 1 fully saturated rings. The molecule has 31 heavy (non-hydrogen) atoms. The van der Waals surface area contributed by atoms with Gasteiger partial charge in [0.05, 0.1) is 11.2 Å². The molecular weight excluding hydrogens is 410 g/mol. The molecule has 0 aliphatic carbocycles. The Morgan fingerprint density at radius 1 is 1.10 bits per heavy atom. The van der Waals surface area contributed by atoms with E-state index in [1.807, 2.05) is 36.6 Å². The lowest BCUT2D eigenvalue weighted by atomic mass is 10.0. The number of para-hydroxylation sites is 1. The summed E-state index contributed by atoms with van der Waals surface area (Å²) in [4.78, 5) is 2.88. The number of rotatable bonds is 6. The Hall–Kier alpha value is -2.19. The predicted molar refractivity (Wildman–Crippen MR) is 122 cm³/mol. The van der Waals surface area contributed by atoms with Crippen LogP contribution in [0.1, 0.15) is 29.5 Å². The third-order valence-corrected chi connectivity index (χ3v) is 8.16. The van der Waals surface area contributed by atoms with Crippen LogP contribution in [0.25, 0.3) is 11.0 Å². The van der Waals surface area contributed by atoms with Crippen LogP contribution in [-0.4, -0.2) is 45.5 Å². The second kappa shape index (κ2) is 8.74. The Morgan fingerprint density at radius 3 is 2.81 bits per heavy atom. The minimum absolute atomic E-state index is 0.00595. The van der Waals surface area contributed by atoms with Crippen molar-refractivity contribution < 1.29 is 12.8 Å². The maximum absolute atomic E-state index is 13.1. The summed E-state index contributed by atoms with van der Waals surface area (Å²) in [6.45, 7) is 4.33. The number of benzene rings is 2. The fourth-order valence-corrected chi connectivity index (χ4v) is 6.43.